The lowest BCUT2D eigenvalue weighted by Gasteiger charge is -2.20. The number of rotatable bonds is 10. The molecule has 2 aromatic carbocycles. The van der Waals surface area contributed by atoms with Crippen LogP contribution < -0.4 is 4.90 Å². The second-order valence-electron chi connectivity index (χ2n) is 9.28. The van der Waals surface area contributed by atoms with Gasteiger partial charge in [-0.3, -0.25) is 14.4 Å². The van der Waals surface area contributed by atoms with Crippen LogP contribution in [0.3, 0.4) is 0 Å². The summed E-state index contributed by atoms with van der Waals surface area (Å²) in [5, 5.41) is 5.16. The van der Waals surface area contributed by atoms with Crippen molar-refractivity contribution in [2.24, 2.45) is 0 Å². The number of aryl methyl sites for hydroxylation is 2. The number of fused-ring (bicyclic) bond motifs is 1. The van der Waals surface area contributed by atoms with Crippen molar-refractivity contribution >= 4 is 42.4 Å². The molecule has 1 amide bonds. The Labute approximate surface area is 216 Å². The maximum Gasteiger partial charge on any atom is 0.228 e. The number of hydrogen-bond acceptors (Lipinski definition) is 6. The highest BCUT2D eigenvalue weighted by Gasteiger charge is 2.23. The number of carbonyl (C=O) groups excluding carboxylic acids is 1. The van der Waals surface area contributed by atoms with Crippen LogP contribution in [-0.4, -0.2) is 41.4 Å². The molecule has 0 radical (unpaired) electrons. The summed E-state index contributed by atoms with van der Waals surface area (Å²) in [6, 6.07) is 16.5. The maximum atomic E-state index is 13.4. The molecule has 190 valence electrons. The maximum absolute atomic E-state index is 13.4. The van der Waals surface area contributed by atoms with Gasteiger partial charge in [-0.05, 0) is 56.0 Å². The molecule has 0 aliphatic heterocycles. The number of amides is 1. The lowest BCUT2D eigenvalue weighted by molar-refractivity contribution is -0.118. The number of thiazole rings is 1. The van der Waals surface area contributed by atoms with Gasteiger partial charge < -0.3 is 0 Å². The van der Waals surface area contributed by atoms with Crippen molar-refractivity contribution in [1.82, 2.24) is 14.8 Å². The molecule has 4 rings (SSSR count). The fourth-order valence-electron chi connectivity index (χ4n) is 4.26. The van der Waals surface area contributed by atoms with Crippen LogP contribution in [0.4, 0.5) is 5.13 Å². The topological polar surface area (TPSA) is 85.2 Å². The van der Waals surface area contributed by atoms with Gasteiger partial charge in [0.15, 0.2) is 15.0 Å². The van der Waals surface area contributed by atoms with E-state index in [9.17, 15) is 13.2 Å². The zero-order valence-electron chi connectivity index (χ0n) is 21.1. The van der Waals surface area contributed by atoms with Crippen molar-refractivity contribution in [3.05, 3.63) is 71.5 Å². The molecule has 0 unspecified atom stereocenters. The molecule has 4 aromatic rings. The highest BCUT2D eigenvalue weighted by Crippen LogP contribution is 2.34. The molecule has 0 bridgehead atoms. The molecular weight excluding hydrogens is 492 g/mol. The molecule has 0 aliphatic carbocycles. The zero-order chi connectivity index (χ0) is 25.9. The monoisotopic (exact) mass is 524 g/mol. The molecule has 2 aromatic heterocycles. The van der Waals surface area contributed by atoms with Crippen LogP contribution in [0, 0.1) is 13.8 Å². The Morgan fingerprint density at radius 1 is 1.08 bits per heavy atom. The van der Waals surface area contributed by atoms with Crippen LogP contribution in [0.5, 0.6) is 0 Å². The predicted octanol–water partition coefficient (Wildman–Crippen LogP) is 5.52. The van der Waals surface area contributed by atoms with E-state index >= 15 is 0 Å². The minimum Gasteiger partial charge on any atom is -0.286 e. The third kappa shape index (κ3) is 5.84. The summed E-state index contributed by atoms with van der Waals surface area (Å²) < 4.78 is 28.3. The molecule has 7 nitrogen and oxygen atoms in total. The number of benzene rings is 2. The Morgan fingerprint density at radius 2 is 1.83 bits per heavy atom. The first-order chi connectivity index (χ1) is 17.2. The van der Waals surface area contributed by atoms with E-state index in [1.54, 1.807) is 35.2 Å². The van der Waals surface area contributed by atoms with Gasteiger partial charge >= 0.3 is 0 Å². The normalized spacial score (nSPS) is 11.9. The Morgan fingerprint density at radius 3 is 2.50 bits per heavy atom. The van der Waals surface area contributed by atoms with Crippen LogP contribution >= 0.6 is 11.3 Å². The first-order valence-electron chi connectivity index (χ1n) is 12.1. The van der Waals surface area contributed by atoms with E-state index in [1.807, 2.05) is 36.7 Å². The highest BCUT2D eigenvalue weighted by molar-refractivity contribution is 7.91. The molecule has 0 aliphatic rings. The van der Waals surface area contributed by atoms with Gasteiger partial charge in [0.25, 0.3) is 0 Å². The smallest absolute Gasteiger partial charge is 0.228 e. The summed E-state index contributed by atoms with van der Waals surface area (Å²) in [7, 11) is -3.44. The van der Waals surface area contributed by atoms with E-state index < -0.39 is 9.84 Å². The molecule has 0 saturated heterocycles. The second-order valence-corrected chi connectivity index (χ2v) is 12.4. The molecular formula is C27H32N4O3S2. The summed E-state index contributed by atoms with van der Waals surface area (Å²) >= 11 is 1.49. The van der Waals surface area contributed by atoms with Crippen molar-refractivity contribution in [1.29, 1.82) is 0 Å². The number of hydrogen-bond donors (Lipinski definition) is 0. The van der Waals surface area contributed by atoms with Gasteiger partial charge in [-0.2, -0.15) is 5.10 Å². The Hall–Kier alpha value is -3.04. The average molecular weight is 525 g/mol. The molecule has 9 heteroatoms. The van der Waals surface area contributed by atoms with E-state index in [2.05, 4.69) is 25.0 Å². The van der Waals surface area contributed by atoms with E-state index in [1.165, 1.54) is 11.3 Å². The van der Waals surface area contributed by atoms with Crippen LogP contribution in [0.15, 0.2) is 59.5 Å². The van der Waals surface area contributed by atoms with Gasteiger partial charge in [0.05, 0.1) is 33.1 Å². The Kier molecular flexibility index (Phi) is 7.90. The summed E-state index contributed by atoms with van der Waals surface area (Å²) in [6.07, 6.45) is 0.366. The number of para-hydroxylation sites is 1. The number of carbonyl (C=O) groups is 1. The number of anilines is 1. The van der Waals surface area contributed by atoms with E-state index in [0.29, 0.717) is 24.1 Å². The fraction of sp³-hybridized carbons (Fsp3) is 0.370. The second kappa shape index (κ2) is 10.9. The van der Waals surface area contributed by atoms with Gasteiger partial charge in [0, 0.05) is 18.7 Å². The van der Waals surface area contributed by atoms with Gasteiger partial charge in [0.1, 0.15) is 0 Å². The van der Waals surface area contributed by atoms with Gasteiger partial charge in [-0.15, -0.1) is 0 Å². The van der Waals surface area contributed by atoms with Crippen LogP contribution in [0.25, 0.3) is 10.2 Å². The lowest BCUT2D eigenvalue weighted by Crippen LogP contribution is -2.34. The van der Waals surface area contributed by atoms with E-state index in [4.69, 9.17) is 4.98 Å². The van der Waals surface area contributed by atoms with Crippen molar-refractivity contribution < 1.29 is 13.2 Å². The van der Waals surface area contributed by atoms with Crippen LogP contribution in [0.2, 0.25) is 0 Å². The predicted molar refractivity (Wildman–Crippen MR) is 145 cm³/mol. The largest absolute Gasteiger partial charge is 0.286 e. The van der Waals surface area contributed by atoms with Crippen LogP contribution in [0.1, 0.15) is 49.6 Å². The third-order valence-electron chi connectivity index (χ3n) is 6.14. The van der Waals surface area contributed by atoms with Crippen molar-refractivity contribution in [2.75, 3.05) is 17.2 Å². The van der Waals surface area contributed by atoms with Gasteiger partial charge in [-0.1, -0.05) is 55.5 Å². The molecule has 36 heavy (non-hydrogen) atoms. The molecule has 0 atom stereocenters. The van der Waals surface area contributed by atoms with Crippen molar-refractivity contribution in [2.45, 2.75) is 57.9 Å². The Balaban J connectivity index is 1.56. The highest BCUT2D eigenvalue weighted by atomic mass is 32.2. The molecule has 0 N–H and O–H groups in total. The zero-order valence-corrected chi connectivity index (χ0v) is 22.8. The summed E-state index contributed by atoms with van der Waals surface area (Å²) in [6.45, 7) is 9.14. The fourth-order valence-corrected chi connectivity index (χ4v) is 6.63. The SMILES string of the molecule is Cc1cc(C)n(CCN(C(=O)CCCS(=O)(=O)c2ccccc2)c2nc3c(C(C)C)cccc3s2)n1. The first kappa shape index (κ1) is 26.0. The third-order valence-corrected chi connectivity index (χ3v) is 9.00. The molecule has 0 fully saturated rings. The number of aromatic nitrogens is 3. The lowest BCUT2D eigenvalue weighted by atomic mass is 10.0. The van der Waals surface area contributed by atoms with Crippen molar-refractivity contribution in [3.8, 4) is 0 Å². The minimum atomic E-state index is -3.44. The number of sulfone groups is 1. The summed E-state index contributed by atoms with van der Waals surface area (Å²) in [5.74, 6) is 0.0985. The Bertz CT molecular complexity index is 1460. The average Bonchev–Trinajstić information content (AvgIpc) is 3.41. The minimum absolute atomic E-state index is 0.0780. The standard InChI is InChI=1S/C27H32N4O3S2/c1-19(2)23-12-8-13-24-26(23)28-27(35-24)30(15-16-31-21(4)18-20(3)29-31)25(32)14-9-17-36(33,34)22-10-6-5-7-11-22/h5-8,10-13,18-19H,9,14-17H2,1-4H3. The molecule has 0 spiro atoms. The quantitative estimate of drug-likeness (QED) is 0.273. The van der Waals surface area contributed by atoms with E-state index in [-0.39, 0.29) is 29.4 Å². The first-order valence-corrected chi connectivity index (χ1v) is 14.6. The van der Waals surface area contributed by atoms with Gasteiger partial charge in [0.2, 0.25) is 5.91 Å². The van der Waals surface area contributed by atoms with Crippen LogP contribution in [-0.2, 0) is 21.2 Å². The summed E-state index contributed by atoms with van der Waals surface area (Å²) in [4.78, 5) is 20.3. The van der Waals surface area contributed by atoms with E-state index in [0.717, 1.165) is 27.2 Å². The summed E-state index contributed by atoms with van der Waals surface area (Å²) in [5.41, 5.74) is 4.02. The van der Waals surface area contributed by atoms with Gasteiger partial charge in [-0.25, -0.2) is 13.4 Å². The molecule has 0 saturated carbocycles. The number of nitrogens with zero attached hydrogens (tertiary/aromatic N) is 4. The molecule has 2 heterocycles. The van der Waals surface area contributed by atoms with Crippen molar-refractivity contribution in [3.63, 3.8) is 0 Å².